The Morgan fingerprint density at radius 3 is 3.04 bits per heavy atom. The molecule has 134 valence electrons. The molecule has 1 aliphatic rings. The van der Waals surface area contributed by atoms with E-state index in [4.69, 9.17) is 4.74 Å². The summed E-state index contributed by atoms with van der Waals surface area (Å²) in [6.45, 7) is 2.06. The van der Waals surface area contributed by atoms with Crippen molar-refractivity contribution in [3.8, 4) is 5.82 Å². The van der Waals surface area contributed by atoms with Crippen LogP contribution in [0.1, 0.15) is 32.6 Å². The summed E-state index contributed by atoms with van der Waals surface area (Å²) in [5.41, 5.74) is 1.62. The van der Waals surface area contributed by atoms with E-state index in [1.807, 2.05) is 24.3 Å². The second-order valence-electron chi connectivity index (χ2n) is 6.46. The number of benzene rings is 1. The van der Waals surface area contributed by atoms with E-state index in [0.29, 0.717) is 24.8 Å². The number of aromatic nitrogens is 5. The Balaban J connectivity index is 1.43. The number of hydrogen-bond acceptors (Lipinski definition) is 6. The summed E-state index contributed by atoms with van der Waals surface area (Å²) in [6.07, 6.45) is 5.23. The minimum atomic E-state index is -0.117. The Labute approximate surface area is 150 Å². The summed E-state index contributed by atoms with van der Waals surface area (Å²) in [4.78, 5) is 20.7. The van der Waals surface area contributed by atoms with Gasteiger partial charge in [-0.1, -0.05) is 17.3 Å². The predicted octanol–water partition coefficient (Wildman–Crippen LogP) is 2.50. The van der Waals surface area contributed by atoms with Crippen molar-refractivity contribution in [2.75, 3.05) is 5.32 Å². The molecule has 8 heteroatoms. The third-order valence-electron chi connectivity index (χ3n) is 4.47. The number of amides is 1. The number of nitrogens with zero attached hydrogens (tertiary/aromatic N) is 5. The smallest absolute Gasteiger partial charge is 0.231 e. The van der Waals surface area contributed by atoms with E-state index in [-0.39, 0.29) is 18.0 Å². The SMILES string of the molecule is CC1CCC(CCC(=O)Nc2nccc(-n3nnc4ccccc43)n2)O1. The van der Waals surface area contributed by atoms with Gasteiger partial charge in [0.2, 0.25) is 11.9 Å². The van der Waals surface area contributed by atoms with Gasteiger partial charge in [0, 0.05) is 18.7 Å². The van der Waals surface area contributed by atoms with Gasteiger partial charge in [0.05, 0.1) is 17.7 Å². The maximum absolute atomic E-state index is 12.2. The minimum Gasteiger partial charge on any atom is -0.375 e. The van der Waals surface area contributed by atoms with Gasteiger partial charge in [-0.2, -0.15) is 9.67 Å². The lowest BCUT2D eigenvalue weighted by molar-refractivity contribution is -0.117. The average molecular weight is 352 g/mol. The Bertz CT molecular complexity index is 925. The topological polar surface area (TPSA) is 94.8 Å². The van der Waals surface area contributed by atoms with Crippen molar-refractivity contribution in [2.24, 2.45) is 0 Å². The van der Waals surface area contributed by atoms with E-state index < -0.39 is 0 Å². The number of hydrogen-bond donors (Lipinski definition) is 1. The molecule has 1 fully saturated rings. The molecule has 4 rings (SSSR count). The van der Waals surface area contributed by atoms with Gasteiger partial charge in [0.1, 0.15) is 5.52 Å². The van der Waals surface area contributed by atoms with Crippen LogP contribution in [-0.4, -0.2) is 43.1 Å². The van der Waals surface area contributed by atoms with E-state index in [2.05, 4.69) is 32.5 Å². The van der Waals surface area contributed by atoms with Crippen LogP contribution < -0.4 is 5.32 Å². The molecule has 0 radical (unpaired) electrons. The maximum atomic E-state index is 12.2. The lowest BCUT2D eigenvalue weighted by Crippen LogP contribution is -2.17. The number of anilines is 1. The number of rotatable bonds is 5. The molecule has 1 aliphatic heterocycles. The number of carbonyl (C=O) groups is 1. The molecule has 0 spiro atoms. The fourth-order valence-electron chi connectivity index (χ4n) is 3.14. The summed E-state index contributed by atoms with van der Waals surface area (Å²) >= 11 is 0. The molecule has 0 saturated carbocycles. The monoisotopic (exact) mass is 352 g/mol. The quantitative estimate of drug-likeness (QED) is 0.758. The third-order valence-corrected chi connectivity index (χ3v) is 4.47. The Hall–Kier alpha value is -2.87. The number of nitrogens with one attached hydrogen (secondary N) is 1. The van der Waals surface area contributed by atoms with Crippen molar-refractivity contribution in [3.05, 3.63) is 36.5 Å². The number of fused-ring (bicyclic) bond motifs is 1. The van der Waals surface area contributed by atoms with E-state index >= 15 is 0 Å². The molecule has 0 aliphatic carbocycles. The predicted molar refractivity (Wildman–Crippen MR) is 95.9 cm³/mol. The number of para-hydroxylation sites is 1. The van der Waals surface area contributed by atoms with Gasteiger partial charge in [-0.25, -0.2) is 4.98 Å². The van der Waals surface area contributed by atoms with Gasteiger partial charge in [-0.3, -0.25) is 10.1 Å². The fourth-order valence-corrected chi connectivity index (χ4v) is 3.14. The van der Waals surface area contributed by atoms with Gasteiger partial charge in [0.15, 0.2) is 5.82 Å². The molecule has 1 aromatic carbocycles. The molecule has 3 aromatic rings. The van der Waals surface area contributed by atoms with Crippen LogP contribution >= 0.6 is 0 Å². The zero-order valence-electron chi connectivity index (χ0n) is 14.5. The largest absolute Gasteiger partial charge is 0.375 e. The first-order chi connectivity index (χ1) is 12.7. The molecule has 8 nitrogen and oxygen atoms in total. The zero-order valence-corrected chi connectivity index (χ0v) is 14.5. The Kier molecular flexibility index (Phi) is 4.57. The lowest BCUT2D eigenvalue weighted by atomic mass is 10.1. The molecule has 1 amide bonds. The molecular weight excluding hydrogens is 332 g/mol. The van der Waals surface area contributed by atoms with Gasteiger partial charge in [0.25, 0.3) is 0 Å². The summed E-state index contributed by atoms with van der Waals surface area (Å²) in [6, 6.07) is 9.34. The average Bonchev–Trinajstić information content (AvgIpc) is 3.26. The summed E-state index contributed by atoms with van der Waals surface area (Å²) in [5.74, 6) is 0.693. The summed E-state index contributed by atoms with van der Waals surface area (Å²) in [5, 5.41) is 11.0. The molecule has 0 bridgehead atoms. The van der Waals surface area contributed by atoms with Crippen LogP contribution in [0.2, 0.25) is 0 Å². The van der Waals surface area contributed by atoms with Crippen molar-refractivity contribution < 1.29 is 9.53 Å². The molecule has 2 unspecified atom stereocenters. The van der Waals surface area contributed by atoms with Crippen molar-refractivity contribution >= 4 is 22.9 Å². The molecule has 1 N–H and O–H groups in total. The Morgan fingerprint density at radius 1 is 1.31 bits per heavy atom. The molecule has 2 aromatic heterocycles. The Morgan fingerprint density at radius 2 is 2.19 bits per heavy atom. The highest BCUT2D eigenvalue weighted by Gasteiger charge is 2.22. The first kappa shape index (κ1) is 16.6. The van der Waals surface area contributed by atoms with Gasteiger partial charge >= 0.3 is 0 Å². The minimum absolute atomic E-state index is 0.117. The summed E-state index contributed by atoms with van der Waals surface area (Å²) in [7, 11) is 0. The third kappa shape index (κ3) is 3.55. The van der Waals surface area contributed by atoms with Crippen LogP contribution in [0.25, 0.3) is 16.9 Å². The highest BCUT2D eigenvalue weighted by molar-refractivity contribution is 5.89. The second kappa shape index (κ2) is 7.17. The highest BCUT2D eigenvalue weighted by atomic mass is 16.5. The number of ether oxygens (including phenoxy) is 1. The maximum Gasteiger partial charge on any atom is 0.231 e. The van der Waals surface area contributed by atoms with Gasteiger partial charge < -0.3 is 4.74 Å². The van der Waals surface area contributed by atoms with Gasteiger partial charge in [-0.05, 0) is 38.3 Å². The van der Waals surface area contributed by atoms with Crippen LogP contribution in [0.4, 0.5) is 5.95 Å². The van der Waals surface area contributed by atoms with Crippen LogP contribution in [0.3, 0.4) is 0 Å². The lowest BCUT2D eigenvalue weighted by Gasteiger charge is -2.10. The van der Waals surface area contributed by atoms with Gasteiger partial charge in [-0.15, -0.1) is 5.10 Å². The van der Waals surface area contributed by atoms with E-state index in [1.54, 1.807) is 16.9 Å². The second-order valence-corrected chi connectivity index (χ2v) is 6.46. The van der Waals surface area contributed by atoms with Crippen molar-refractivity contribution in [3.63, 3.8) is 0 Å². The van der Waals surface area contributed by atoms with Crippen molar-refractivity contribution in [1.82, 2.24) is 25.0 Å². The highest BCUT2D eigenvalue weighted by Crippen LogP contribution is 2.22. The van der Waals surface area contributed by atoms with E-state index in [0.717, 1.165) is 23.9 Å². The standard InChI is InChI=1S/C18H20N6O2/c1-12-6-7-13(26-12)8-9-17(25)21-18-19-11-10-16(20-18)24-15-5-3-2-4-14(15)22-23-24/h2-5,10-13H,6-9H2,1H3,(H,19,20,21,25). The van der Waals surface area contributed by atoms with E-state index in [1.165, 1.54) is 0 Å². The molecule has 3 heterocycles. The van der Waals surface area contributed by atoms with Crippen molar-refractivity contribution in [1.29, 1.82) is 0 Å². The van der Waals surface area contributed by atoms with Crippen molar-refractivity contribution in [2.45, 2.75) is 44.8 Å². The van der Waals surface area contributed by atoms with E-state index in [9.17, 15) is 4.79 Å². The fraction of sp³-hybridized carbons (Fsp3) is 0.389. The van der Waals surface area contributed by atoms with Crippen LogP contribution in [-0.2, 0) is 9.53 Å². The first-order valence-electron chi connectivity index (χ1n) is 8.78. The molecule has 1 saturated heterocycles. The number of carbonyl (C=O) groups excluding carboxylic acids is 1. The first-order valence-corrected chi connectivity index (χ1v) is 8.78. The molecule has 26 heavy (non-hydrogen) atoms. The van der Waals surface area contributed by atoms with Crippen LogP contribution in [0.5, 0.6) is 0 Å². The zero-order chi connectivity index (χ0) is 17.9. The summed E-state index contributed by atoms with van der Waals surface area (Å²) < 4.78 is 7.37. The molecule has 2 atom stereocenters. The van der Waals surface area contributed by atoms with Crippen LogP contribution in [0.15, 0.2) is 36.5 Å². The molecular formula is C18H20N6O2. The van der Waals surface area contributed by atoms with Crippen LogP contribution in [0, 0.1) is 0 Å². The normalized spacial score (nSPS) is 19.7.